The van der Waals surface area contributed by atoms with Crippen molar-refractivity contribution in [2.45, 2.75) is 96.8 Å². The van der Waals surface area contributed by atoms with Crippen LogP contribution in [0.15, 0.2) is 12.2 Å². The van der Waals surface area contributed by atoms with Crippen molar-refractivity contribution in [2.24, 2.45) is 23.7 Å². The van der Waals surface area contributed by atoms with E-state index in [1.54, 1.807) is 0 Å². The first-order valence-electron chi connectivity index (χ1n) is 11.0. The van der Waals surface area contributed by atoms with Gasteiger partial charge in [-0.3, -0.25) is 4.79 Å². The van der Waals surface area contributed by atoms with Crippen molar-refractivity contribution in [1.29, 1.82) is 0 Å². The smallest absolute Gasteiger partial charge is 0.308 e. The van der Waals surface area contributed by atoms with E-state index in [2.05, 4.69) is 19.1 Å². The van der Waals surface area contributed by atoms with Gasteiger partial charge >= 0.3 is 5.97 Å². The van der Waals surface area contributed by atoms with Crippen LogP contribution in [0, 0.1) is 23.7 Å². The Morgan fingerprint density at radius 1 is 0.920 bits per heavy atom. The maximum absolute atomic E-state index is 11.6. The number of rotatable bonds is 9. The van der Waals surface area contributed by atoms with Crippen LogP contribution < -0.4 is 0 Å². The molecule has 0 spiro atoms. The van der Waals surface area contributed by atoms with Gasteiger partial charge in [0, 0.05) is 0 Å². The number of unbranched alkanes of at least 4 members (excludes halogenated alkanes) is 2. The SMILES string of the molecule is CCCCCC1CCC(CC/C=C/C2CCC(C(=O)OC)CC2)CC1. The number of carbonyl (C=O) groups is 1. The van der Waals surface area contributed by atoms with Crippen LogP contribution in [-0.4, -0.2) is 13.1 Å². The van der Waals surface area contributed by atoms with Crippen molar-refractivity contribution in [2.75, 3.05) is 7.11 Å². The molecule has 25 heavy (non-hydrogen) atoms. The minimum Gasteiger partial charge on any atom is -0.469 e. The minimum absolute atomic E-state index is 0.00673. The second-order valence-electron chi connectivity index (χ2n) is 8.52. The van der Waals surface area contributed by atoms with Gasteiger partial charge in [0.15, 0.2) is 0 Å². The summed E-state index contributed by atoms with van der Waals surface area (Å²) in [5.74, 6) is 2.84. The van der Waals surface area contributed by atoms with Crippen LogP contribution in [0.5, 0.6) is 0 Å². The molecule has 0 aliphatic heterocycles. The molecule has 0 aromatic heterocycles. The topological polar surface area (TPSA) is 26.3 Å². The van der Waals surface area contributed by atoms with E-state index in [1.807, 2.05) is 0 Å². The van der Waals surface area contributed by atoms with Crippen molar-refractivity contribution < 1.29 is 9.53 Å². The van der Waals surface area contributed by atoms with Crippen LogP contribution in [0.2, 0.25) is 0 Å². The first-order valence-corrected chi connectivity index (χ1v) is 11.0. The molecule has 2 aliphatic rings. The number of esters is 1. The lowest BCUT2D eigenvalue weighted by atomic mass is 9.78. The standard InChI is InChI=1S/C23H40O2/c1-3-4-5-8-19-11-13-20(14-12-19)9-6-7-10-21-15-17-22(18-16-21)23(24)25-2/h7,10,19-22H,3-6,8-9,11-18H2,1-2H3/b10-7+. The summed E-state index contributed by atoms with van der Waals surface area (Å²) in [6.45, 7) is 2.30. The number of hydrogen-bond donors (Lipinski definition) is 0. The summed E-state index contributed by atoms with van der Waals surface area (Å²) in [5.41, 5.74) is 0. The van der Waals surface area contributed by atoms with Crippen LogP contribution in [0.3, 0.4) is 0 Å². The van der Waals surface area contributed by atoms with Gasteiger partial charge < -0.3 is 4.74 Å². The van der Waals surface area contributed by atoms with Gasteiger partial charge in [0.1, 0.15) is 0 Å². The number of hydrogen-bond acceptors (Lipinski definition) is 2. The van der Waals surface area contributed by atoms with Gasteiger partial charge in [-0.1, -0.05) is 70.4 Å². The second-order valence-corrected chi connectivity index (χ2v) is 8.52. The van der Waals surface area contributed by atoms with Crippen LogP contribution in [0.25, 0.3) is 0 Å². The van der Waals surface area contributed by atoms with Crippen molar-refractivity contribution >= 4 is 5.97 Å². The van der Waals surface area contributed by atoms with Crippen molar-refractivity contribution in [3.05, 3.63) is 12.2 Å². The average Bonchev–Trinajstić information content (AvgIpc) is 2.66. The molecule has 0 N–H and O–H groups in total. The summed E-state index contributed by atoms with van der Waals surface area (Å²) in [6.07, 6.45) is 23.4. The number of methoxy groups -OCH3 is 1. The van der Waals surface area contributed by atoms with E-state index in [0.717, 1.165) is 37.5 Å². The Balaban J connectivity index is 1.53. The summed E-state index contributed by atoms with van der Waals surface area (Å²) in [5, 5.41) is 0. The monoisotopic (exact) mass is 348 g/mol. The molecule has 2 rings (SSSR count). The van der Waals surface area contributed by atoms with E-state index in [9.17, 15) is 4.79 Å². The van der Waals surface area contributed by atoms with Crippen LogP contribution in [0.1, 0.15) is 96.8 Å². The molecule has 0 aromatic carbocycles. The molecule has 0 amide bonds. The largest absolute Gasteiger partial charge is 0.469 e. The van der Waals surface area contributed by atoms with E-state index in [4.69, 9.17) is 4.74 Å². The lowest BCUT2D eigenvalue weighted by Crippen LogP contribution is -2.22. The number of carbonyl (C=O) groups excluding carboxylic acids is 1. The maximum Gasteiger partial charge on any atom is 0.308 e. The predicted molar refractivity (Wildman–Crippen MR) is 105 cm³/mol. The van der Waals surface area contributed by atoms with E-state index >= 15 is 0 Å². The molecular formula is C23H40O2. The van der Waals surface area contributed by atoms with E-state index in [1.165, 1.54) is 71.3 Å². The van der Waals surface area contributed by atoms with Crippen LogP contribution in [0.4, 0.5) is 0 Å². The fourth-order valence-corrected chi connectivity index (χ4v) is 4.83. The van der Waals surface area contributed by atoms with Gasteiger partial charge in [-0.05, 0) is 56.3 Å². The molecule has 0 unspecified atom stereocenters. The predicted octanol–water partition coefficient (Wildman–Crippen LogP) is 6.69. The van der Waals surface area contributed by atoms with Crippen molar-refractivity contribution in [1.82, 2.24) is 0 Å². The molecule has 0 radical (unpaired) electrons. The highest BCUT2D eigenvalue weighted by molar-refractivity contribution is 5.72. The third-order valence-electron chi connectivity index (χ3n) is 6.64. The molecule has 0 bridgehead atoms. The third-order valence-corrected chi connectivity index (χ3v) is 6.64. The first-order chi connectivity index (χ1) is 12.2. The zero-order valence-corrected chi connectivity index (χ0v) is 16.7. The molecule has 2 saturated carbocycles. The Morgan fingerprint density at radius 2 is 1.56 bits per heavy atom. The maximum atomic E-state index is 11.6. The highest BCUT2D eigenvalue weighted by Crippen LogP contribution is 2.35. The molecule has 0 aromatic rings. The Morgan fingerprint density at radius 3 is 2.16 bits per heavy atom. The Labute approximate surface area is 155 Å². The Bertz CT molecular complexity index is 385. The Kier molecular flexibility index (Phi) is 9.65. The van der Waals surface area contributed by atoms with Crippen LogP contribution in [-0.2, 0) is 9.53 Å². The summed E-state index contributed by atoms with van der Waals surface area (Å²) >= 11 is 0. The molecule has 2 aliphatic carbocycles. The lowest BCUT2D eigenvalue weighted by Gasteiger charge is -2.28. The highest BCUT2D eigenvalue weighted by Gasteiger charge is 2.25. The lowest BCUT2D eigenvalue weighted by molar-refractivity contribution is -0.146. The van der Waals surface area contributed by atoms with Gasteiger partial charge in [-0.15, -0.1) is 0 Å². The molecule has 0 heterocycles. The molecule has 0 saturated heterocycles. The quantitative estimate of drug-likeness (QED) is 0.263. The zero-order chi connectivity index (χ0) is 17.9. The summed E-state index contributed by atoms with van der Waals surface area (Å²) in [4.78, 5) is 11.6. The second kappa shape index (κ2) is 11.8. The minimum atomic E-state index is -0.00673. The number of ether oxygens (including phenoxy) is 1. The fourth-order valence-electron chi connectivity index (χ4n) is 4.83. The zero-order valence-electron chi connectivity index (χ0n) is 16.7. The van der Waals surface area contributed by atoms with Crippen molar-refractivity contribution in [3.63, 3.8) is 0 Å². The summed E-state index contributed by atoms with van der Waals surface area (Å²) in [7, 11) is 1.51. The van der Waals surface area contributed by atoms with E-state index in [-0.39, 0.29) is 11.9 Å². The van der Waals surface area contributed by atoms with Crippen molar-refractivity contribution in [3.8, 4) is 0 Å². The highest BCUT2D eigenvalue weighted by atomic mass is 16.5. The van der Waals surface area contributed by atoms with Gasteiger partial charge in [0.25, 0.3) is 0 Å². The molecule has 144 valence electrons. The van der Waals surface area contributed by atoms with Crippen LogP contribution >= 0.6 is 0 Å². The molecule has 0 atom stereocenters. The van der Waals surface area contributed by atoms with Gasteiger partial charge in [-0.25, -0.2) is 0 Å². The third kappa shape index (κ3) is 7.54. The Hall–Kier alpha value is -0.790. The normalized spacial score (nSPS) is 30.5. The van der Waals surface area contributed by atoms with Gasteiger partial charge in [-0.2, -0.15) is 0 Å². The molecular weight excluding hydrogens is 308 g/mol. The molecule has 2 nitrogen and oxygen atoms in total. The van der Waals surface area contributed by atoms with E-state index < -0.39 is 0 Å². The average molecular weight is 349 g/mol. The molecule has 2 heteroatoms. The van der Waals surface area contributed by atoms with Gasteiger partial charge in [0.05, 0.1) is 13.0 Å². The van der Waals surface area contributed by atoms with Gasteiger partial charge in [0.2, 0.25) is 0 Å². The first kappa shape index (κ1) is 20.5. The molecule has 2 fully saturated rings. The summed E-state index contributed by atoms with van der Waals surface area (Å²) in [6, 6.07) is 0. The van der Waals surface area contributed by atoms with E-state index in [0.29, 0.717) is 5.92 Å². The fraction of sp³-hybridized carbons (Fsp3) is 0.870. The summed E-state index contributed by atoms with van der Waals surface area (Å²) < 4.78 is 4.87. The number of allylic oxidation sites excluding steroid dienone is 2.